The van der Waals surface area contributed by atoms with Crippen LogP contribution in [-0.4, -0.2) is 21.0 Å². The summed E-state index contributed by atoms with van der Waals surface area (Å²) in [6.07, 6.45) is 0. The monoisotopic (exact) mass is 296 g/mol. The molecule has 0 aliphatic carbocycles. The average Bonchev–Trinajstić information content (AvgIpc) is 2.71. The Balaban J connectivity index is 2.34. The van der Waals surface area contributed by atoms with Crippen LogP contribution in [0.25, 0.3) is 0 Å². The highest BCUT2D eigenvalue weighted by Crippen LogP contribution is 2.37. The van der Waals surface area contributed by atoms with E-state index >= 15 is 0 Å². The van der Waals surface area contributed by atoms with Gasteiger partial charge in [0, 0.05) is 6.07 Å². The number of carboxylic acid groups (broad SMARTS) is 1. The number of benzene rings is 1. The third-order valence-corrected chi connectivity index (χ3v) is 4.50. The summed E-state index contributed by atoms with van der Waals surface area (Å²) >= 11 is 2.11. The van der Waals surface area contributed by atoms with Crippen LogP contribution in [-0.2, 0) is 0 Å². The maximum absolute atomic E-state index is 10.9. The van der Waals surface area contributed by atoms with E-state index in [9.17, 15) is 14.9 Å². The van der Waals surface area contributed by atoms with Crippen molar-refractivity contribution >= 4 is 34.8 Å². The number of hydrogen-bond acceptors (Lipinski definition) is 6. The van der Waals surface area contributed by atoms with Gasteiger partial charge in [-0.1, -0.05) is 23.9 Å². The highest BCUT2D eigenvalue weighted by Gasteiger charge is 2.18. The van der Waals surface area contributed by atoms with Gasteiger partial charge in [0.15, 0.2) is 4.34 Å². The van der Waals surface area contributed by atoms with Gasteiger partial charge in [-0.25, -0.2) is 9.78 Å². The van der Waals surface area contributed by atoms with Crippen molar-refractivity contribution < 1.29 is 14.8 Å². The molecule has 0 amide bonds. The fraction of sp³-hybridized carbons (Fsp3) is 0.0909. The normalized spacial score (nSPS) is 10.4. The summed E-state index contributed by atoms with van der Waals surface area (Å²) in [5.41, 5.74) is 0.399. The molecule has 0 fully saturated rings. The zero-order valence-electron chi connectivity index (χ0n) is 9.69. The van der Waals surface area contributed by atoms with Gasteiger partial charge in [0.05, 0.1) is 15.5 Å². The van der Waals surface area contributed by atoms with Crippen LogP contribution < -0.4 is 0 Å². The van der Waals surface area contributed by atoms with Crippen molar-refractivity contribution in [3.63, 3.8) is 0 Å². The van der Waals surface area contributed by atoms with Crippen LogP contribution in [0.3, 0.4) is 0 Å². The summed E-state index contributed by atoms with van der Waals surface area (Å²) in [4.78, 5) is 26.0. The first-order valence-corrected chi connectivity index (χ1v) is 6.74. The smallest absolute Gasteiger partial charge is 0.347 e. The summed E-state index contributed by atoms with van der Waals surface area (Å²) < 4.78 is 0.476. The zero-order valence-corrected chi connectivity index (χ0v) is 11.3. The highest BCUT2D eigenvalue weighted by atomic mass is 32.2. The van der Waals surface area contributed by atoms with Gasteiger partial charge in [0.2, 0.25) is 0 Å². The molecule has 98 valence electrons. The number of carboxylic acids is 1. The minimum absolute atomic E-state index is 0.0165. The molecule has 0 atom stereocenters. The molecule has 0 saturated heterocycles. The van der Waals surface area contributed by atoms with Gasteiger partial charge in [-0.3, -0.25) is 10.1 Å². The second-order valence-electron chi connectivity index (χ2n) is 3.53. The van der Waals surface area contributed by atoms with Crippen LogP contribution in [0.5, 0.6) is 0 Å². The van der Waals surface area contributed by atoms with Gasteiger partial charge in [0.1, 0.15) is 4.88 Å². The lowest BCUT2D eigenvalue weighted by Gasteiger charge is -1.98. The lowest BCUT2D eigenvalue weighted by atomic mass is 10.3. The molecular formula is C11H8N2O4S2. The van der Waals surface area contributed by atoms with E-state index < -0.39 is 10.9 Å². The summed E-state index contributed by atoms with van der Waals surface area (Å²) in [7, 11) is 0. The van der Waals surface area contributed by atoms with Crippen LogP contribution >= 0.6 is 23.1 Å². The molecule has 6 nitrogen and oxygen atoms in total. The number of thiazole rings is 1. The van der Waals surface area contributed by atoms with E-state index in [0.717, 1.165) is 23.1 Å². The van der Waals surface area contributed by atoms with Crippen LogP contribution in [0.2, 0.25) is 0 Å². The third kappa shape index (κ3) is 2.91. The lowest BCUT2D eigenvalue weighted by Crippen LogP contribution is -1.94. The van der Waals surface area contributed by atoms with E-state index in [2.05, 4.69) is 4.98 Å². The van der Waals surface area contributed by atoms with Crippen molar-refractivity contribution in [2.24, 2.45) is 0 Å². The Bertz CT molecular complexity index is 654. The molecule has 0 aliphatic rings. The molecule has 0 aliphatic heterocycles. The second-order valence-corrected chi connectivity index (χ2v) is 5.81. The number of hydrogen-bond donors (Lipinski definition) is 1. The number of aryl methyl sites for hydroxylation is 1. The number of nitrogens with zero attached hydrogens (tertiary/aromatic N) is 2. The molecule has 0 bridgehead atoms. The average molecular weight is 296 g/mol. The van der Waals surface area contributed by atoms with E-state index in [4.69, 9.17) is 5.11 Å². The largest absolute Gasteiger partial charge is 0.477 e. The Morgan fingerprint density at radius 2 is 2.16 bits per heavy atom. The van der Waals surface area contributed by atoms with Crippen molar-refractivity contribution in [3.8, 4) is 0 Å². The van der Waals surface area contributed by atoms with Gasteiger partial charge in [-0.05, 0) is 13.0 Å². The first kappa shape index (κ1) is 13.5. The van der Waals surface area contributed by atoms with Gasteiger partial charge in [-0.2, -0.15) is 0 Å². The molecule has 8 heteroatoms. The maximum Gasteiger partial charge on any atom is 0.347 e. The minimum atomic E-state index is -1.04. The van der Waals surface area contributed by atoms with E-state index in [0.29, 0.717) is 14.9 Å². The van der Waals surface area contributed by atoms with Gasteiger partial charge < -0.3 is 5.11 Å². The number of aromatic carboxylic acids is 1. The fourth-order valence-electron chi connectivity index (χ4n) is 1.40. The van der Waals surface area contributed by atoms with E-state index in [1.54, 1.807) is 25.1 Å². The summed E-state index contributed by atoms with van der Waals surface area (Å²) in [6, 6.07) is 6.28. The summed E-state index contributed by atoms with van der Waals surface area (Å²) in [5.74, 6) is -1.04. The first-order valence-electron chi connectivity index (χ1n) is 5.11. The Hall–Kier alpha value is -1.93. The first-order chi connectivity index (χ1) is 8.99. The molecular weight excluding hydrogens is 288 g/mol. The van der Waals surface area contributed by atoms with Crippen LogP contribution in [0.4, 0.5) is 5.69 Å². The van der Waals surface area contributed by atoms with Gasteiger partial charge in [-0.15, -0.1) is 11.3 Å². The van der Waals surface area contributed by atoms with E-state index in [1.165, 1.54) is 6.07 Å². The molecule has 1 heterocycles. The van der Waals surface area contributed by atoms with Crippen LogP contribution in [0, 0.1) is 17.0 Å². The van der Waals surface area contributed by atoms with E-state index in [-0.39, 0.29) is 10.6 Å². The highest BCUT2D eigenvalue weighted by molar-refractivity contribution is 8.01. The Labute approximate surface area is 116 Å². The number of aromatic nitrogens is 1. The molecule has 2 aromatic rings. The lowest BCUT2D eigenvalue weighted by molar-refractivity contribution is -0.387. The Morgan fingerprint density at radius 1 is 1.47 bits per heavy atom. The molecule has 1 N–H and O–H groups in total. The molecule has 1 aromatic carbocycles. The number of carbonyl (C=O) groups is 1. The maximum atomic E-state index is 10.9. The molecule has 19 heavy (non-hydrogen) atoms. The third-order valence-electron chi connectivity index (χ3n) is 2.23. The number of nitro groups is 1. The topological polar surface area (TPSA) is 93.3 Å². The zero-order chi connectivity index (χ0) is 14.0. The summed E-state index contributed by atoms with van der Waals surface area (Å²) in [5, 5.41) is 19.8. The molecule has 2 rings (SSSR count). The van der Waals surface area contributed by atoms with Gasteiger partial charge >= 0.3 is 5.97 Å². The predicted molar refractivity (Wildman–Crippen MR) is 71.0 cm³/mol. The van der Waals surface area contributed by atoms with Crippen LogP contribution in [0.15, 0.2) is 33.5 Å². The Morgan fingerprint density at radius 3 is 2.74 bits per heavy atom. The number of rotatable bonds is 4. The predicted octanol–water partition coefficient (Wildman–Crippen LogP) is 3.21. The Kier molecular flexibility index (Phi) is 3.82. The van der Waals surface area contributed by atoms with Gasteiger partial charge in [0.25, 0.3) is 5.69 Å². The molecule has 0 saturated carbocycles. The van der Waals surface area contributed by atoms with Crippen molar-refractivity contribution in [3.05, 3.63) is 45.0 Å². The number of para-hydroxylation sites is 1. The molecule has 0 radical (unpaired) electrons. The standard InChI is InChI=1S/C11H8N2O4S2/c1-6-9(10(14)15)19-11(12-6)18-8-5-3-2-4-7(8)13(16)17/h2-5H,1H3,(H,14,15). The van der Waals surface area contributed by atoms with Crippen molar-refractivity contribution in [1.29, 1.82) is 0 Å². The summed E-state index contributed by atoms with van der Waals surface area (Å²) in [6.45, 7) is 1.60. The van der Waals surface area contributed by atoms with Crippen molar-refractivity contribution in [2.45, 2.75) is 16.2 Å². The quantitative estimate of drug-likeness (QED) is 0.687. The van der Waals surface area contributed by atoms with Crippen LogP contribution in [0.1, 0.15) is 15.4 Å². The van der Waals surface area contributed by atoms with Crippen molar-refractivity contribution in [1.82, 2.24) is 4.98 Å². The minimum Gasteiger partial charge on any atom is -0.477 e. The molecule has 0 spiro atoms. The number of nitro benzene ring substituents is 1. The van der Waals surface area contributed by atoms with Crippen molar-refractivity contribution in [2.75, 3.05) is 0 Å². The fourth-order valence-corrected chi connectivity index (χ4v) is 3.49. The SMILES string of the molecule is Cc1nc(Sc2ccccc2[N+](=O)[O-])sc1C(=O)O. The second kappa shape index (κ2) is 5.37. The molecule has 0 unspecified atom stereocenters. The molecule has 1 aromatic heterocycles. The van der Waals surface area contributed by atoms with E-state index in [1.807, 2.05) is 0 Å².